The number of carboxylic acids is 1. The number of aliphatic hydroxyl groups is 1. The van der Waals surface area contributed by atoms with Crippen molar-refractivity contribution in [2.75, 3.05) is 14.2 Å². The van der Waals surface area contributed by atoms with Gasteiger partial charge in [-0.1, -0.05) is 0 Å². The lowest BCUT2D eigenvalue weighted by atomic mass is 10.1. The number of carboxylic acid groups (broad SMARTS) is 1. The number of hydrogen-bond acceptors (Lipinski definition) is 7. The molecule has 0 saturated carbocycles. The van der Waals surface area contributed by atoms with Crippen molar-refractivity contribution in [1.29, 1.82) is 0 Å². The summed E-state index contributed by atoms with van der Waals surface area (Å²) in [6, 6.07) is -1.17. The molecule has 0 fully saturated rings. The number of nitrogens with one attached hydrogen (secondary N) is 1. The average molecular weight is 309 g/mol. The van der Waals surface area contributed by atoms with Gasteiger partial charge in [-0.25, -0.2) is 4.79 Å². The van der Waals surface area contributed by atoms with Gasteiger partial charge in [0.2, 0.25) is 17.5 Å². The molecule has 1 aliphatic heterocycles. The molecular formula is C10H16NO8P. The first-order valence-electron chi connectivity index (χ1n) is 5.53. The summed E-state index contributed by atoms with van der Waals surface area (Å²) in [6.45, 7) is 1.19. The van der Waals surface area contributed by atoms with Gasteiger partial charge in [0.15, 0.2) is 0 Å². The zero-order valence-electron chi connectivity index (χ0n) is 11.1. The van der Waals surface area contributed by atoms with Crippen molar-refractivity contribution in [3.8, 4) is 0 Å². The van der Waals surface area contributed by atoms with E-state index in [0.29, 0.717) is 0 Å². The van der Waals surface area contributed by atoms with Gasteiger partial charge in [-0.15, -0.1) is 0 Å². The summed E-state index contributed by atoms with van der Waals surface area (Å²) < 4.78 is 26.9. The maximum absolute atomic E-state index is 12.4. The number of carbonyl (C=O) groups excluding carboxylic acids is 1. The Morgan fingerprint density at radius 1 is 1.40 bits per heavy atom. The predicted octanol–water partition coefficient (Wildman–Crippen LogP) is -0.337. The molecule has 0 bridgehead atoms. The van der Waals surface area contributed by atoms with Crippen LogP contribution < -0.4 is 5.32 Å². The van der Waals surface area contributed by atoms with E-state index in [4.69, 9.17) is 18.9 Å². The van der Waals surface area contributed by atoms with E-state index in [9.17, 15) is 19.3 Å². The molecule has 0 aromatic rings. The third kappa shape index (κ3) is 3.37. The molecule has 0 radical (unpaired) electrons. The number of aliphatic hydroxyl groups excluding tert-OH is 1. The number of amides is 1. The minimum atomic E-state index is -3.88. The molecule has 1 rings (SSSR count). The third-order valence-corrected chi connectivity index (χ3v) is 4.71. The molecule has 0 aromatic carbocycles. The molecule has 20 heavy (non-hydrogen) atoms. The molecule has 1 amide bonds. The molecule has 1 aliphatic rings. The smallest absolute Gasteiger partial charge is 0.372 e. The summed E-state index contributed by atoms with van der Waals surface area (Å²) in [7, 11) is -1.71. The number of hydrogen-bond donors (Lipinski definition) is 3. The van der Waals surface area contributed by atoms with Crippen LogP contribution in [0.1, 0.15) is 6.92 Å². The molecule has 0 spiro atoms. The second-order valence-electron chi connectivity index (χ2n) is 3.97. The Bertz CT molecular complexity index is 468. The van der Waals surface area contributed by atoms with Gasteiger partial charge in [0.05, 0.1) is 0 Å². The normalized spacial score (nSPS) is 26.4. The van der Waals surface area contributed by atoms with Crippen LogP contribution in [-0.4, -0.2) is 54.3 Å². The second-order valence-corrected chi connectivity index (χ2v) is 6.29. The Hall–Kier alpha value is -1.41. The van der Waals surface area contributed by atoms with Crippen LogP contribution >= 0.6 is 7.60 Å². The molecule has 0 aliphatic carbocycles. The Kier molecular flexibility index (Phi) is 5.29. The lowest BCUT2D eigenvalue weighted by Crippen LogP contribution is -2.53. The Labute approximate surface area is 115 Å². The predicted molar refractivity (Wildman–Crippen MR) is 65.8 cm³/mol. The van der Waals surface area contributed by atoms with Crippen molar-refractivity contribution in [1.82, 2.24) is 5.32 Å². The van der Waals surface area contributed by atoms with Gasteiger partial charge in [-0.3, -0.25) is 9.36 Å². The van der Waals surface area contributed by atoms with Gasteiger partial charge in [0.25, 0.3) is 0 Å². The van der Waals surface area contributed by atoms with Crippen LogP contribution in [-0.2, 0) is 27.9 Å². The van der Waals surface area contributed by atoms with Crippen molar-refractivity contribution in [3.63, 3.8) is 0 Å². The number of aliphatic carboxylic acids is 1. The van der Waals surface area contributed by atoms with Gasteiger partial charge in [0.1, 0.15) is 12.1 Å². The van der Waals surface area contributed by atoms with Crippen molar-refractivity contribution in [3.05, 3.63) is 11.8 Å². The molecule has 0 aromatic heterocycles. The SMILES string of the molecule is COP(=O)(OC)[C@H]1OC(C(=O)O)=C[C@H](O)[C@@H]1NC(C)=O. The van der Waals surface area contributed by atoms with Crippen molar-refractivity contribution < 1.29 is 38.2 Å². The second kappa shape index (κ2) is 6.36. The molecule has 0 saturated heterocycles. The first-order valence-corrected chi connectivity index (χ1v) is 7.14. The maximum atomic E-state index is 12.4. The highest BCUT2D eigenvalue weighted by Gasteiger charge is 2.49. The molecule has 0 unspecified atom stereocenters. The summed E-state index contributed by atoms with van der Waals surface area (Å²) in [4.78, 5) is 22.1. The Morgan fingerprint density at radius 2 is 1.95 bits per heavy atom. The molecule has 3 atom stereocenters. The van der Waals surface area contributed by atoms with E-state index in [1.807, 2.05) is 0 Å². The standard InChI is InChI=1S/C10H16NO8P/c1-5(12)11-8-6(13)4-7(9(14)15)19-10(8)20(16,17-2)18-3/h4,6,8,10,13H,1-3H3,(H,11,12)(H,14,15)/t6-,8-,10+/m0/s1. The highest BCUT2D eigenvalue weighted by molar-refractivity contribution is 7.54. The van der Waals surface area contributed by atoms with Crippen LogP contribution in [0.5, 0.6) is 0 Å². The average Bonchev–Trinajstić information content (AvgIpc) is 2.39. The largest absolute Gasteiger partial charge is 0.475 e. The van der Waals surface area contributed by atoms with E-state index in [0.717, 1.165) is 20.3 Å². The van der Waals surface area contributed by atoms with Crippen LogP contribution in [0.4, 0.5) is 0 Å². The van der Waals surface area contributed by atoms with Crippen LogP contribution in [0.15, 0.2) is 11.8 Å². The quantitative estimate of drug-likeness (QED) is 0.588. The third-order valence-electron chi connectivity index (χ3n) is 2.65. The fourth-order valence-corrected chi connectivity index (χ4v) is 3.18. The van der Waals surface area contributed by atoms with E-state index in [-0.39, 0.29) is 0 Å². The summed E-state index contributed by atoms with van der Waals surface area (Å²) in [5, 5.41) is 21.1. The fraction of sp³-hybridized carbons (Fsp3) is 0.600. The number of rotatable bonds is 5. The van der Waals surface area contributed by atoms with Crippen LogP contribution in [0.2, 0.25) is 0 Å². The van der Waals surface area contributed by atoms with Crippen molar-refractivity contribution in [2.24, 2.45) is 0 Å². The first-order chi connectivity index (χ1) is 9.25. The van der Waals surface area contributed by atoms with Gasteiger partial charge in [-0.2, -0.15) is 0 Å². The van der Waals surface area contributed by atoms with Gasteiger partial charge >= 0.3 is 13.6 Å². The van der Waals surface area contributed by atoms with Crippen LogP contribution in [0, 0.1) is 0 Å². The minimum absolute atomic E-state index is 0.520. The molecule has 3 N–H and O–H groups in total. The summed E-state index contributed by atoms with van der Waals surface area (Å²) in [5.41, 5.74) is 0. The molecule has 10 heteroatoms. The van der Waals surface area contributed by atoms with E-state index in [1.165, 1.54) is 6.92 Å². The minimum Gasteiger partial charge on any atom is -0.475 e. The van der Waals surface area contributed by atoms with E-state index >= 15 is 0 Å². The van der Waals surface area contributed by atoms with Crippen molar-refractivity contribution >= 4 is 19.5 Å². The van der Waals surface area contributed by atoms with Gasteiger partial charge in [-0.05, 0) is 6.08 Å². The molecule has 9 nitrogen and oxygen atoms in total. The maximum Gasteiger partial charge on any atom is 0.372 e. The topological polar surface area (TPSA) is 131 Å². The van der Waals surface area contributed by atoms with Crippen molar-refractivity contribution in [2.45, 2.75) is 24.9 Å². The lowest BCUT2D eigenvalue weighted by Gasteiger charge is -2.36. The Morgan fingerprint density at radius 3 is 2.35 bits per heavy atom. The molecular weight excluding hydrogens is 293 g/mol. The van der Waals surface area contributed by atoms with Crippen LogP contribution in [0.25, 0.3) is 0 Å². The van der Waals surface area contributed by atoms with Gasteiger partial charge in [0, 0.05) is 21.1 Å². The van der Waals surface area contributed by atoms with E-state index < -0.39 is 43.2 Å². The monoisotopic (exact) mass is 309 g/mol. The number of carbonyl (C=O) groups is 2. The fourth-order valence-electron chi connectivity index (χ4n) is 1.73. The number of ether oxygens (including phenoxy) is 1. The highest BCUT2D eigenvalue weighted by atomic mass is 31.2. The Balaban J connectivity index is 3.20. The zero-order chi connectivity index (χ0) is 15.5. The summed E-state index contributed by atoms with van der Waals surface area (Å²) in [6.07, 6.45) is -0.517. The van der Waals surface area contributed by atoms with E-state index in [1.54, 1.807) is 0 Å². The summed E-state index contributed by atoms with van der Waals surface area (Å²) >= 11 is 0. The van der Waals surface area contributed by atoms with E-state index in [2.05, 4.69) is 5.32 Å². The molecule has 114 valence electrons. The van der Waals surface area contributed by atoms with Gasteiger partial charge < -0.3 is 29.3 Å². The lowest BCUT2D eigenvalue weighted by molar-refractivity contribution is -0.138. The van der Waals surface area contributed by atoms with Crippen LogP contribution in [0.3, 0.4) is 0 Å². The highest BCUT2D eigenvalue weighted by Crippen LogP contribution is 2.55. The zero-order valence-corrected chi connectivity index (χ0v) is 12.0. The molecule has 1 heterocycles. The summed E-state index contributed by atoms with van der Waals surface area (Å²) in [5.74, 6) is -4.05. The first kappa shape index (κ1) is 16.6.